The maximum absolute atomic E-state index is 12.7. The van der Waals surface area contributed by atoms with Crippen LogP contribution >= 0.6 is 0 Å². The Morgan fingerprint density at radius 2 is 2.15 bits per heavy atom. The number of alkyl halides is 3. The summed E-state index contributed by atoms with van der Waals surface area (Å²) >= 11 is 0. The minimum atomic E-state index is -4.62. The summed E-state index contributed by atoms with van der Waals surface area (Å²) in [6.45, 7) is -0.0784. The number of amides is 1. The van der Waals surface area contributed by atoms with Crippen LogP contribution in [0.3, 0.4) is 0 Å². The van der Waals surface area contributed by atoms with Gasteiger partial charge in [-0.2, -0.15) is 18.2 Å². The van der Waals surface area contributed by atoms with Gasteiger partial charge in [-0.3, -0.25) is 4.79 Å². The van der Waals surface area contributed by atoms with Gasteiger partial charge in [-0.1, -0.05) is 11.2 Å². The van der Waals surface area contributed by atoms with Crippen molar-refractivity contribution in [1.29, 1.82) is 0 Å². The molecular formula is C11H9F3N4O2. The molecule has 0 unspecified atom stereocenters. The van der Waals surface area contributed by atoms with Crippen LogP contribution < -0.4 is 11.1 Å². The molecule has 3 N–H and O–H groups in total. The van der Waals surface area contributed by atoms with Crippen LogP contribution in [0, 0.1) is 0 Å². The number of hydrogen-bond donors (Lipinski definition) is 2. The Morgan fingerprint density at radius 3 is 2.75 bits per heavy atom. The summed E-state index contributed by atoms with van der Waals surface area (Å²) in [7, 11) is 0. The van der Waals surface area contributed by atoms with Crippen LogP contribution in [0.2, 0.25) is 0 Å². The lowest BCUT2D eigenvalue weighted by Crippen LogP contribution is -2.25. The first-order valence-corrected chi connectivity index (χ1v) is 5.38. The van der Waals surface area contributed by atoms with E-state index in [0.717, 1.165) is 18.5 Å². The third-order valence-corrected chi connectivity index (χ3v) is 2.47. The van der Waals surface area contributed by atoms with E-state index in [9.17, 15) is 18.0 Å². The molecule has 0 aliphatic rings. The van der Waals surface area contributed by atoms with Gasteiger partial charge in [0.2, 0.25) is 6.39 Å². The quantitative estimate of drug-likeness (QED) is 0.836. The first-order chi connectivity index (χ1) is 9.39. The molecule has 1 heterocycles. The van der Waals surface area contributed by atoms with Crippen LogP contribution in [0.25, 0.3) is 0 Å². The molecule has 0 saturated carbocycles. The molecule has 20 heavy (non-hydrogen) atoms. The Hall–Kier alpha value is -2.58. The molecular weight excluding hydrogens is 277 g/mol. The molecule has 0 atom stereocenters. The summed E-state index contributed by atoms with van der Waals surface area (Å²) in [5.74, 6) is -0.553. The van der Waals surface area contributed by atoms with Gasteiger partial charge >= 0.3 is 6.18 Å². The summed E-state index contributed by atoms with van der Waals surface area (Å²) in [4.78, 5) is 15.5. The van der Waals surface area contributed by atoms with Crippen molar-refractivity contribution in [3.63, 3.8) is 0 Å². The lowest BCUT2D eigenvalue weighted by atomic mass is 10.1. The summed E-state index contributed by atoms with van der Waals surface area (Å²) in [6, 6.07) is 3.13. The maximum atomic E-state index is 12.7. The van der Waals surface area contributed by atoms with Gasteiger partial charge in [0.15, 0.2) is 5.82 Å². The number of carbonyl (C=O) groups is 1. The fraction of sp³-hybridized carbons (Fsp3) is 0.182. The second-order valence-electron chi connectivity index (χ2n) is 3.79. The Balaban J connectivity index is 2.18. The van der Waals surface area contributed by atoms with E-state index in [4.69, 9.17) is 5.73 Å². The zero-order chi connectivity index (χ0) is 14.8. The number of nitrogens with two attached hydrogens (primary N) is 1. The molecule has 0 bridgehead atoms. The van der Waals surface area contributed by atoms with Gasteiger partial charge in [-0.05, 0) is 12.1 Å². The van der Waals surface area contributed by atoms with Gasteiger partial charge < -0.3 is 15.6 Å². The molecule has 1 amide bonds. The van der Waals surface area contributed by atoms with E-state index < -0.39 is 23.3 Å². The Bertz CT molecular complexity index is 611. The van der Waals surface area contributed by atoms with Crippen molar-refractivity contribution >= 4 is 11.6 Å². The van der Waals surface area contributed by atoms with E-state index in [1.54, 1.807) is 0 Å². The van der Waals surface area contributed by atoms with Crippen LogP contribution in [-0.4, -0.2) is 16.0 Å². The first kappa shape index (κ1) is 13.8. The number of halogens is 3. The van der Waals surface area contributed by atoms with Crippen LogP contribution in [0.4, 0.5) is 18.9 Å². The highest BCUT2D eigenvalue weighted by Crippen LogP contribution is 2.34. The van der Waals surface area contributed by atoms with Gasteiger partial charge in [-0.15, -0.1) is 0 Å². The predicted octanol–water partition coefficient (Wildman–Crippen LogP) is 1.60. The first-order valence-electron chi connectivity index (χ1n) is 5.38. The van der Waals surface area contributed by atoms with Crippen LogP contribution in [-0.2, 0) is 12.7 Å². The van der Waals surface area contributed by atoms with E-state index in [1.165, 1.54) is 6.07 Å². The van der Waals surface area contributed by atoms with Crippen LogP contribution in [0.15, 0.2) is 29.1 Å². The van der Waals surface area contributed by atoms with Crippen molar-refractivity contribution in [2.75, 3.05) is 5.73 Å². The molecule has 1 aromatic heterocycles. The fourth-order valence-corrected chi connectivity index (χ4v) is 1.54. The number of anilines is 1. The number of aromatic nitrogens is 2. The summed E-state index contributed by atoms with van der Waals surface area (Å²) in [6.07, 6.45) is -3.55. The van der Waals surface area contributed by atoms with Crippen LogP contribution in [0.1, 0.15) is 21.7 Å². The Morgan fingerprint density at radius 1 is 1.40 bits per heavy atom. The number of hydrogen-bond acceptors (Lipinski definition) is 5. The molecule has 0 aliphatic carbocycles. The van der Waals surface area contributed by atoms with E-state index in [0.29, 0.717) is 0 Å². The third-order valence-electron chi connectivity index (χ3n) is 2.47. The Labute approximate surface area is 110 Å². The third kappa shape index (κ3) is 2.87. The second-order valence-corrected chi connectivity index (χ2v) is 3.79. The Kier molecular flexibility index (Phi) is 3.59. The average molecular weight is 286 g/mol. The molecule has 2 aromatic rings. The highest BCUT2D eigenvalue weighted by atomic mass is 19.4. The highest BCUT2D eigenvalue weighted by Gasteiger charge is 2.34. The average Bonchev–Trinajstić information content (AvgIpc) is 2.88. The van der Waals surface area contributed by atoms with Crippen molar-refractivity contribution in [1.82, 2.24) is 15.5 Å². The molecule has 0 aliphatic heterocycles. The number of nitrogens with one attached hydrogen (secondary N) is 1. The zero-order valence-corrected chi connectivity index (χ0v) is 9.94. The van der Waals surface area contributed by atoms with Gasteiger partial charge in [-0.25, -0.2) is 0 Å². The number of para-hydroxylation sites is 1. The van der Waals surface area contributed by atoms with E-state index in [-0.39, 0.29) is 17.9 Å². The van der Waals surface area contributed by atoms with Crippen molar-refractivity contribution in [3.8, 4) is 0 Å². The highest BCUT2D eigenvalue weighted by molar-refractivity contribution is 5.99. The zero-order valence-electron chi connectivity index (χ0n) is 9.94. The van der Waals surface area contributed by atoms with Gasteiger partial charge in [0.05, 0.1) is 23.4 Å². The number of rotatable bonds is 3. The number of nitrogens with zero attached hydrogens (tertiary/aromatic N) is 2. The smallest absolute Gasteiger partial charge is 0.398 e. The molecule has 6 nitrogen and oxygen atoms in total. The standard InChI is InChI=1S/C11H9F3N4O2/c12-11(13,14)7-3-1-2-6(9(7)15)10(19)16-4-8-17-5-20-18-8/h1-3,5H,4,15H2,(H,16,19). The van der Waals surface area contributed by atoms with Crippen molar-refractivity contribution < 1.29 is 22.5 Å². The van der Waals surface area contributed by atoms with Crippen molar-refractivity contribution in [3.05, 3.63) is 41.5 Å². The normalized spacial score (nSPS) is 11.3. The molecule has 0 saturated heterocycles. The summed E-state index contributed by atoms with van der Waals surface area (Å²) < 4.78 is 42.4. The predicted molar refractivity (Wildman–Crippen MR) is 61.3 cm³/mol. The van der Waals surface area contributed by atoms with Crippen molar-refractivity contribution in [2.24, 2.45) is 0 Å². The van der Waals surface area contributed by atoms with E-state index in [2.05, 4.69) is 20.0 Å². The molecule has 1 aromatic carbocycles. The van der Waals surface area contributed by atoms with Crippen molar-refractivity contribution in [2.45, 2.75) is 12.7 Å². The number of nitrogen functional groups attached to an aromatic ring is 1. The summed E-state index contributed by atoms with van der Waals surface area (Å²) in [5.41, 5.74) is 3.46. The molecule has 0 spiro atoms. The largest absolute Gasteiger partial charge is 0.418 e. The van der Waals surface area contributed by atoms with Gasteiger partial charge in [0.1, 0.15) is 0 Å². The SMILES string of the molecule is Nc1c(C(=O)NCc2ncon2)cccc1C(F)(F)F. The lowest BCUT2D eigenvalue weighted by molar-refractivity contribution is -0.136. The topological polar surface area (TPSA) is 94.0 Å². The molecule has 0 fully saturated rings. The molecule has 106 valence electrons. The maximum Gasteiger partial charge on any atom is 0.418 e. The molecule has 2 rings (SSSR count). The minimum absolute atomic E-state index is 0.0784. The number of carbonyl (C=O) groups excluding carboxylic acids is 1. The van der Waals surface area contributed by atoms with Gasteiger partial charge in [0, 0.05) is 0 Å². The number of benzene rings is 1. The van der Waals surface area contributed by atoms with Crippen LogP contribution in [0.5, 0.6) is 0 Å². The fourth-order valence-electron chi connectivity index (χ4n) is 1.54. The molecule has 9 heteroatoms. The van der Waals surface area contributed by atoms with E-state index in [1.807, 2.05) is 0 Å². The second kappa shape index (κ2) is 5.19. The monoisotopic (exact) mass is 286 g/mol. The molecule has 0 radical (unpaired) electrons. The minimum Gasteiger partial charge on any atom is -0.398 e. The van der Waals surface area contributed by atoms with E-state index >= 15 is 0 Å². The van der Waals surface area contributed by atoms with Gasteiger partial charge in [0.25, 0.3) is 5.91 Å². The summed E-state index contributed by atoms with van der Waals surface area (Å²) in [5, 5.41) is 5.80. The lowest BCUT2D eigenvalue weighted by Gasteiger charge is -2.13.